The molecule has 1 heterocycles. The molecule has 0 radical (unpaired) electrons. The van der Waals surface area contributed by atoms with Crippen molar-refractivity contribution in [3.8, 4) is 11.5 Å². The largest absolute Gasteiger partial charge is 0.493 e. The number of thiophene rings is 1. The summed E-state index contributed by atoms with van der Waals surface area (Å²) in [6.07, 6.45) is 0. The van der Waals surface area contributed by atoms with Crippen molar-refractivity contribution in [1.82, 2.24) is 5.32 Å². The fourth-order valence-electron chi connectivity index (χ4n) is 1.95. The van der Waals surface area contributed by atoms with Gasteiger partial charge in [0.05, 0.1) is 19.1 Å². The van der Waals surface area contributed by atoms with Gasteiger partial charge in [-0.25, -0.2) is 0 Å². The van der Waals surface area contributed by atoms with Crippen LogP contribution in [-0.4, -0.2) is 20.1 Å². The van der Waals surface area contributed by atoms with Crippen molar-refractivity contribution in [2.24, 2.45) is 0 Å². The number of methoxy groups -OCH3 is 2. The first kappa shape index (κ1) is 15.4. The first-order chi connectivity index (χ1) is 10.0. The van der Waals surface area contributed by atoms with E-state index in [1.165, 1.54) is 16.2 Å². The lowest BCUT2D eigenvalue weighted by molar-refractivity contribution is 0.0955. The van der Waals surface area contributed by atoms with Gasteiger partial charge in [-0.05, 0) is 43.2 Å². The fourth-order valence-corrected chi connectivity index (χ4v) is 2.90. The zero-order valence-electron chi connectivity index (χ0n) is 12.6. The lowest BCUT2D eigenvalue weighted by Gasteiger charge is -2.10. The minimum absolute atomic E-state index is 0.0500. The highest BCUT2D eigenvalue weighted by molar-refractivity contribution is 7.14. The van der Waals surface area contributed by atoms with Gasteiger partial charge in [0, 0.05) is 11.4 Å². The Morgan fingerprint density at radius 1 is 1.14 bits per heavy atom. The van der Waals surface area contributed by atoms with E-state index in [9.17, 15) is 4.79 Å². The van der Waals surface area contributed by atoms with Crippen molar-refractivity contribution in [3.05, 3.63) is 45.1 Å². The van der Waals surface area contributed by atoms with E-state index in [2.05, 4.69) is 5.32 Å². The van der Waals surface area contributed by atoms with E-state index in [4.69, 9.17) is 9.47 Å². The second-order valence-corrected chi connectivity index (χ2v) is 5.98. The third-order valence-corrected chi connectivity index (χ3v) is 4.44. The number of nitrogens with one attached hydrogen (secondary N) is 1. The van der Waals surface area contributed by atoms with Crippen LogP contribution in [0.1, 0.15) is 25.7 Å². The van der Waals surface area contributed by atoms with Crippen LogP contribution in [-0.2, 0) is 6.54 Å². The minimum Gasteiger partial charge on any atom is -0.493 e. The Hall–Kier alpha value is -2.01. The summed E-state index contributed by atoms with van der Waals surface area (Å²) in [6, 6.07) is 7.53. The normalized spacial score (nSPS) is 10.3. The maximum atomic E-state index is 12.1. The summed E-state index contributed by atoms with van der Waals surface area (Å²) in [5.74, 6) is 1.29. The number of carbonyl (C=O) groups is 1. The SMILES string of the molecule is COc1ccc(CNC(=O)c2cc(C)c(C)s2)cc1OC. The standard InChI is InChI=1S/C16H19NO3S/c1-10-7-15(21-11(10)2)16(18)17-9-12-5-6-13(19-3)14(8-12)20-4/h5-8H,9H2,1-4H3,(H,17,18). The second kappa shape index (κ2) is 6.63. The number of amides is 1. The third-order valence-electron chi connectivity index (χ3n) is 3.29. The van der Waals surface area contributed by atoms with Crippen LogP contribution < -0.4 is 14.8 Å². The van der Waals surface area contributed by atoms with Crippen LogP contribution in [0.5, 0.6) is 11.5 Å². The molecule has 1 N–H and O–H groups in total. The van der Waals surface area contributed by atoms with Gasteiger partial charge in [0.15, 0.2) is 11.5 Å². The van der Waals surface area contributed by atoms with Crippen LogP contribution in [0.15, 0.2) is 24.3 Å². The van der Waals surface area contributed by atoms with E-state index in [-0.39, 0.29) is 5.91 Å². The zero-order valence-corrected chi connectivity index (χ0v) is 13.5. The Balaban J connectivity index is 2.04. The van der Waals surface area contributed by atoms with Gasteiger partial charge in [-0.15, -0.1) is 11.3 Å². The van der Waals surface area contributed by atoms with Crippen molar-refractivity contribution < 1.29 is 14.3 Å². The van der Waals surface area contributed by atoms with Crippen LogP contribution in [0.3, 0.4) is 0 Å². The summed E-state index contributed by atoms with van der Waals surface area (Å²) < 4.78 is 10.4. The Kier molecular flexibility index (Phi) is 4.85. The molecule has 0 unspecified atom stereocenters. The molecule has 0 aliphatic carbocycles. The van der Waals surface area contributed by atoms with E-state index in [1.54, 1.807) is 14.2 Å². The van der Waals surface area contributed by atoms with Gasteiger partial charge in [0.2, 0.25) is 0 Å². The highest BCUT2D eigenvalue weighted by atomic mass is 32.1. The van der Waals surface area contributed by atoms with Crippen LogP contribution in [0, 0.1) is 13.8 Å². The number of carbonyl (C=O) groups excluding carboxylic acids is 1. The quantitative estimate of drug-likeness (QED) is 0.922. The topological polar surface area (TPSA) is 47.6 Å². The van der Waals surface area contributed by atoms with Crippen molar-refractivity contribution in [1.29, 1.82) is 0 Å². The van der Waals surface area contributed by atoms with Crippen LogP contribution in [0.4, 0.5) is 0 Å². The average Bonchev–Trinajstić information content (AvgIpc) is 2.84. The molecule has 0 aliphatic rings. The van der Waals surface area contributed by atoms with Gasteiger partial charge >= 0.3 is 0 Å². The predicted octanol–water partition coefficient (Wildman–Crippen LogP) is 3.31. The molecule has 0 fully saturated rings. The van der Waals surface area contributed by atoms with E-state index in [1.807, 2.05) is 38.1 Å². The van der Waals surface area contributed by atoms with Gasteiger partial charge in [-0.1, -0.05) is 6.07 Å². The van der Waals surface area contributed by atoms with E-state index < -0.39 is 0 Å². The van der Waals surface area contributed by atoms with Gasteiger partial charge in [-0.2, -0.15) is 0 Å². The summed E-state index contributed by atoms with van der Waals surface area (Å²) in [6.45, 7) is 4.48. The third kappa shape index (κ3) is 3.55. The fraction of sp³-hybridized carbons (Fsp3) is 0.312. The van der Waals surface area contributed by atoms with E-state index in [0.29, 0.717) is 18.0 Å². The average molecular weight is 305 g/mol. The monoisotopic (exact) mass is 305 g/mol. The molecular formula is C16H19NO3S. The Labute approximate surface area is 128 Å². The Morgan fingerprint density at radius 2 is 1.86 bits per heavy atom. The van der Waals surface area contributed by atoms with Crippen molar-refractivity contribution in [2.45, 2.75) is 20.4 Å². The van der Waals surface area contributed by atoms with Gasteiger partial charge in [-0.3, -0.25) is 4.79 Å². The van der Waals surface area contributed by atoms with Crippen molar-refractivity contribution in [2.75, 3.05) is 14.2 Å². The minimum atomic E-state index is -0.0500. The van der Waals surface area contributed by atoms with Crippen LogP contribution in [0.2, 0.25) is 0 Å². The molecule has 5 heteroatoms. The number of rotatable bonds is 5. The highest BCUT2D eigenvalue weighted by Gasteiger charge is 2.11. The summed E-state index contributed by atoms with van der Waals surface area (Å²) in [7, 11) is 3.19. The molecule has 1 amide bonds. The first-order valence-electron chi connectivity index (χ1n) is 6.61. The molecule has 2 aromatic rings. The first-order valence-corrected chi connectivity index (χ1v) is 7.43. The molecule has 112 valence electrons. The maximum absolute atomic E-state index is 12.1. The number of hydrogen-bond acceptors (Lipinski definition) is 4. The summed E-state index contributed by atoms with van der Waals surface area (Å²) in [5.41, 5.74) is 2.11. The van der Waals surface area contributed by atoms with Crippen molar-refractivity contribution in [3.63, 3.8) is 0 Å². The van der Waals surface area contributed by atoms with Gasteiger partial charge < -0.3 is 14.8 Å². The molecule has 0 aliphatic heterocycles. The molecule has 0 saturated heterocycles. The lowest BCUT2D eigenvalue weighted by atomic mass is 10.2. The van der Waals surface area contributed by atoms with Crippen LogP contribution >= 0.6 is 11.3 Å². The molecule has 1 aromatic carbocycles. The Morgan fingerprint density at radius 3 is 2.43 bits per heavy atom. The molecule has 21 heavy (non-hydrogen) atoms. The van der Waals surface area contributed by atoms with E-state index in [0.717, 1.165) is 16.0 Å². The Bertz CT molecular complexity index is 629. The van der Waals surface area contributed by atoms with Gasteiger partial charge in [0.25, 0.3) is 5.91 Å². The van der Waals surface area contributed by atoms with E-state index >= 15 is 0 Å². The second-order valence-electron chi connectivity index (χ2n) is 4.72. The molecule has 0 bridgehead atoms. The molecule has 0 spiro atoms. The maximum Gasteiger partial charge on any atom is 0.261 e. The van der Waals surface area contributed by atoms with Crippen LogP contribution in [0.25, 0.3) is 0 Å². The summed E-state index contributed by atoms with van der Waals surface area (Å²) in [5, 5.41) is 2.92. The van der Waals surface area contributed by atoms with Crippen molar-refractivity contribution >= 4 is 17.2 Å². The molecule has 1 aromatic heterocycles. The number of aryl methyl sites for hydroxylation is 2. The summed E-state index contributed by atoms with van der Waals surface area (Å²) in [4.78, 5) is 14.0. The van der Waals surface area contributed by atoms with Gasteiger partial charge in [0.1, 0.15) is 0 Å². The highest BCUT2D eigenvalue weighted by Crippen LogP contribution is 2.27. The molecule has 4 nitrogen and oxygen atoms in total. The number of ether oxygens (including phenoxy) is 2. The summed E-state index contributed by atoms with van der Waals surface area (Å²) >= 11 is 1.51. The smallest absolute Gasteiger partial charge is 0.261 e. The number of benzene rings is 1. The molecule has 0 saturated carbocycles. The predicted molar refractivity (Wildman–Crippen MR) is 84.5 cm³/mol. The lowest BCUT2D eigenvalue weighted by Crippen LogP contribution is -2.21. The zero-order chi connectivity index (χ0) is 15.4. The molecule has 2 rings (SSSR count). The number of hydrogen-bond donors (Lipinski definition) is 1. The molecular weight excluding hydrogens is 286 g/mol. The molecule has 0 atom stereocenters.